The molecule has 2 aromatic carbocycles. The molecule has 2 aliphatic rings. The highest BCUT2D eigenvalue weighted by Gasteiger charge is 2.45. The number of hydrogen-bond donors (Lipinski definition) is 2. The Balaban J connectivity index is 1.46. The summed E-state index contributed by atoms with van der Waals surface area (Å²) in [4.78, 5) is 12.5. The van der Waals surface area contributed by atoms with E-state index in [1.165, 1.54) is 6.07 Å². The molecule has 0 spiro atoms. The number of aliphatic hydroxyl groups is 1. The van der Waals surface area contributed by atoms with Gasteiger partial charge in [-0.3, -0.25) is 4.79 Å². The summed E-state index contributed by atoms with van der Waals surface area (Å²) in [6, 6.07) is 11.0. The van der Waals surface area contributed by atoms with Crippen LogP contribution in [-0.2, 0) is 11.2 Å². The monoisotopic (exact) mass is 329 g/mol. The standard InChI is InChI=1S/C19H17F2NO2/c20-15-6-5-11(7-16(15)21)13-9-14(13)19(24)22-18-12-4-2-1-3-10(12)8-17(18)23/h1-7,13-14,17-18,23H,8-9H2,(H,22,24)/t13-,14+,17-,18+/m0/s1. The van der Waals surface area contributed by atoms with E-state index < -0.39 is 23.8 Å². The number of fused-ring (bicyclic) bond motifs is 1. The summed E-state index contributed by atoms with van der Waals surface area (Å²) in [5, 5.41) is 13.1. The zero-order valence-electron chi connectivity index (χ0n) is 12.9. The first kappa shape index (κ1) is 15.3. The number of halogens is 2. The van der Waals surface area contributed by atoms with E-state index in [1.807, 2.05) is 24.3 Å². The maximum absolute atomic E-state index is 13.3. The van der Waals surface area contributed by atoms with Gasteiger partial charge >= 0.3 is 0 Å². The molecule has 0 saturated heterocycles. The van der Waals surface area contributed by atoms with Crippen LogP contribution in [0.5, 0.6) is 0 Å². The Hall–Kier alpha value is -2.27. The van der Waals surface area contributed by atoms with Crippen LogP contribution in [0.3, 0.4) is 0 Å². The molecule has 0 bridgehead atoms. The topological polar surface area (TPSA) is 49.3 Å². The predicted molar refractivity (Wildman–Crippen MR) is 84.2 cm³/mol. The maximum Gasteiger partial charge on any atom is 0.224 e. The molecule has 1 amide bonds. The van der Waals surface area contributed by atoms with E-state index in [0.717, 1.165) is 23.3 Å². The highest BCUT2D eigenvalue weighted by Crippen LogP contribution is 2.48. The summed E-state index contributed by atoms with van der Waals surface area (Å²) >= 11 is 0. The second-order valence-electron chi connectivity index (χ2n) is 6.58. The summed E-state index contributed by atoms with van der Waals surface area (Å²) in [7, 11) is 0. The van der Waals surface area contributed by atoms with Crippen molar-refractivity contribution in [1.82, 2.24) is 5.32 Å². The molecule has 5 heteroatoms. The van der Waals surface area contributed by atoms with Crippen LogP contribution in [0.15, 0.2) is 42.5 Å². The predicted octanol–water partition coefficient (Wildman–Crippen LogP) is 2.84. The Morgan fingerprint density at radius 3 is 2.71 bits per heavy atom. The molecule has 0 aliphatic heterocycles. The number of rotatable bonds is 3. The fourth-order valence-electron chi connectivity index (χ4n) is 3.60. The number of carbonyl (C=O) groups excluding carboxylic acids is 1. The molecule has 4 rings (SSSR count). The first-order valence-corrected chi connectivity index (χ1v) is 8.06. The van der Waals surface area contributed by atoms with Gasteiger partial charge in [0.25, 0.3) is 0 Å². The average molecular weight is 329 g/mol. The molecule has 2 N–H and O–H groups in total. The molecule has 1 fully saturated rings. The number of amides is 1. The van der Waals surface area contributed by atoms with Crippen molar-refractivity contribution in [2.24, 2.45) is 5.92 Å². The van der Waals surface area contributed by atoms with Crippen LogP contribution in [0, 0.1) is 17.6 Å². The van der Waals surface area contributed by atoms with Gasteiger partial charge in [-0.25, -0.2) is 8.78 Å². The van der Waals surface area contributed by atoms with Crippen LogP contribution >= 0.6 is 0 Å². The summed E-state index contributed by atoms with van der Waals surface area (Å²) in [6.07, 6.45) is 0.506. The molecule has 1 saturated carbocycles. The molecule has 3 nitrogen and oxygen atoms in total. The number of hydrogen-bond acceptors (Lipinski definition) is 2. The zero-order chi connectivity index (χ0) is 16.8. The van der Waals surface area contributed by atoms with Crippen molar-refractivity contribution in [3.8, 4) is 0 Å². The lowest BCUT2D eigenvalue weighted by Crippen LogP contribution is -2.35. The molecule has 0 heterocycles. The van der Waals surface area contributed by atoms with E-state index in [9.17, 15) is 18.7 Å². The molecule has 2 aliphatic carbocycles. The smallest absolute Gasteiger partial charge is 0.224 e. The van der Waals surface area contributed by atoms with Gasteiger partial charge < -0.3 is 10.4 Å². The van der Waals surface area contributed by atoms with Crippen molar-refractivity contribution < 1.29 is 18.7 Å². The van der Waals surface area contributed by atoms with Crippen molar-refractivity contribution in [2.75, 3.05) is 0 Å². The van der Waals surface area contributed by atoms with Gasteiger partial charge in [0.05, 0.1) is 12.1 Å². The van der Waals surface area contributed by atoms with Crippen molar-refractivity contribution in [3.63, 3.8) is 0 Å². The van der Waals surface area contributed by atoms with Crippen LogP contribution in [-0.4, -0.2) is 17.1 Å². The summed E-state index contributed by atoms with van der Waals surface area (Å²) < 4.78 is 26.3. The Morgan fingerprint density at radius 2 is 1.92 bits per heavy atom. The van der Waals surface area contributed by atoms with E-state index in [-0.39, 0.29) is 17.7 Å². The molecular formula is C19H17F2NO2. The van der Waals surface area contributed by atoms with Crippen molar-refractivity contribution in [1.29, 1.82) is 0 Å². The third-order valence-electron chi connectivity index (χ3n) is 5.00. The lowest BCUT2D eigenvalue weighted by Gasteiger charge is -2.18. The molecule has 0 radical (unpaired) electrons. The van der Waals surface area contributed by atoms with Crippen LogP contribution in [0.1, 0.15) is 35.1 Å². The molecule has 124 valence electrons. The average Bonchev–Trinajstić information content (AvgIpc) is 3.30. The first-order valence-electron chi connectivity index (χ1n) is 8.06. The number of aliphatic hydroxyl groups excluding tert-OH is 1. The highest BCUT2D eigenvalue weighted by atomic mass is 19.2. The zero-order valence-corrected chi connectivity index (χ0v) is 12.9. The Kier molecular flexibility index (Phi) is 3.61. The molecular weight excluding hydrogens is 312 g/mol. The van der Waals surface area contributed by atoms with Gasteiger partial charge in [0.1, 0.15) is 0 Å². The molecule has 0 aromatic heterocycles. The van der Waals surface area contributed by atoms with E-state index in [1.54, 1.807) is 0 Å². The van der Waals surface area contributed by atoms with Gasteiger partial charge in [-0.15, -0.1) is 0 Å². The van der Waals surface area contributed by atoms with Gasteiger partial charge in [-0.05, 0) is 41.2 Å². The quantitative estimate of drug-likeness (QED) is 0.910. The van der Waals surface area contributed by atoms with Gasteiger partial charge in [0.2, 0.25) is 5.91 Å². The van der Waals surface area contributed by atoms with E-state index in [2.05, 4.69) is 5.32 Å². The molecule has 4 atom stereocenters. The SMILES string of the molecule is O=C(N[C@@H]1c2ccccc2C[C@@H]1O)[C@@H]1C[C@H]1c1ccc(F)c(F)c1. The highest BCUT2D eigenvalue weighted by molar-refractivity contribution is 5.83. The Morgan fingerprint density at radius 1 is 1.12 bits per heavy atom. The van der Waals surface area contributed by atoms with Gasteiger partial charge in [0, 0.05) is 12.3 Å². The van der Waals surface area contributed by atoms with Crippen LogP contribution < -0.4 is 5.32 Å². The minimum absolute atomic E-state index is 0.0890. The Bertz CT molecular complexity index is 808. The van der Waals surface area contributed by atoms with Gasteiger partial charge in [-0.1, -0.05) is 30.3 Å². The second kappa shape index (κ2) is 5.67. The number of carbonyl (C=O) groups is 1. The van der Waals surface area contributed by atoms with Crippen LogP contribution in [0.25, 0.3) is 0 Å². The van der Waals surface area contributed by atoms with Gasteiger partial charge in [-0.2, -0.15) is 0 Å². The lowest BCUT2D eigenvalue weighted by molar-refractivity contribution is -0.123. The van der Waals surface area contributed by atoms with Crippen molar-refractivity contribution in [3.05, 3.63) is 70.8 Å². The lowest BCUT2D eigenvalue weighted by atomic mass is 10.1. The van der Waals surface area contributed by atoms with Crippen molar-refractivity contribution >= 4 is 5.91 Å². The second-order valence-corrected chi connectivity index (χ2v) is 6.58. The minimum Gasteiger partial charge on any atom is -0.390 e. The van der Waals surface area contributed by atoms with Crippen LogP contribution in [0.2, 0.25) is 0 Å². The maximum atomic E-state index is 13.3. The third kappa shape index (κ3) is 2.59. The van der Waals surface area contributed by atoms with Gasteiger partial charge in [0.15, 0.2) is 11.6 Å². The number of benzene rings is 2. The first-order chi connectivity index (χ1) is 11.5. The van der Waals surface area contributed by atoms with E-state index >= 15 is 0 Å². The van der Waals surface area contributed by atoms with Crippen LogP contribution in [0.4, 0.5) is 8.78 Å². The molecule has 0 unspecified atom stereocenters. The minimum atomic E-state index is -0.890. The third-order valence-corrected chi connectivity index (χ3v) is 5.00. The largest absolute Gasteiger partial charge is 0.390 e. The fraction of sp³-hybridized carbons (Fsp3) is 0.316. The Labute approximate surface area is 138 Å². The fourth-order valence-corrected chi connectivity index (χ4v) is 3.60. The molecule has 24 heavy (non-hydrogen) atoms. The molecule has 2 aromatic rings. The van der Waals surface area contributed by atoms with E-state index in [0.29, 0.717) is 18.4 Å². The summed E-state index contributed by atoms with van der Waals surface area (Å²) in [6.45, 7) is 0. The van der Waals surface area contributed by atoms with Crippen molar-refractivity contribution in [2.45, 2.75) is 30.9 Å². The summed E-state index contributed by atoms with van der Waals surface area (Å²) in [5.41, 5.74) is 2.63. The normalized spacial score (nSPS) is 27.6. The van der Waals surface area contributed by atoms with E-state index in [4.69, 9.17) is 0 Å². The summed E-state index contributed by atoms with van der Waals surface area (Å²) in [5.74, 6) is -2.26. The number of nitrogens with one attached hydrogen (secondary N) is 1.